The van der Waals surface area contributed by atoms with E-state index in [0.29, 0.717) is 32.6 Å². The molecule has 0 radical (unpaired) electrons. The van der Waals surface area contributed by atoms with E-state index in [4.69, 9.17) is 23.2 Å². The Bertz CT molecular complexity index is 1540. The van der Waals surface area contributed by atoms with Gasteiger partial charge in [-0.3, -0.25) is 9.69 Å². The third kappa shape index (κ3) is 7.22. The van der Waals surface area contributed by atoms with Crippen LogP contribution in [0.1, 0.15) is 22.7 Å². The highest BCUT2D eigenvalue weighted by Gasteiger charge is 2.33. The zero-order valence-corrected chi connectivity index (χ0v) is 25.5. The first kappa shape index (κ1) is 30.3. The maximum absolute atomic E-state index is 13.8. The van der Waals surface area contributed by atoms with E-state index in [-0.39, 0.29) is 40.0 Å². The predicted octanol–water partition coefficient (Wildman–Crippen LogP) is 6.16. The Labute approximate surface area is 258 Å². The number of carbonyl (C=O) groups excluding carboxylic acids is 1. The second-order valence-electron chi connectivity index (χ2n) is 10.3. The number of nitrogens with zero attached hydrogens (tertiary/aromatic N) is 3. The molecule has 0 aromatic heterocycles. The molecule has 0 N–H and O–H groups in total. The van der Waals surface area contributed by atoms with Gasteiger partial charge in [0.05, 0.1) is 17.6 Å². The molecule has 42 heavy (non-hydrogen) atoms. The van der Waals surface area contributed by atoms with Gasteiger partial charge in [0.25, 0.3) is 0 Å². The molecule has 0 atom stereocenters. The van der Waals surface area contributed by atoms with Crippen LogP contribution in [-0.2, 0) is 21.2 Å². The molecule has 1 heterocycles. The third-order valence-electron chi connectivity index (χ3n) is 7.58. The monoisotopic (exact) mass is 621 g/mol. The van der Waals surface area contributed by atoms with Gasteiger partial charge in [0.1, 0.15) is 4.90 Å². The smallest absolute Gasteiger partial charge is 0.245 e. The van der Waals surface area contributed by atoms with Crippen molar-refractivity contribution in [3.8, 4) is 0 Å². The number of carbonyl (C=O) groups is 1. The Kier molecular flexibility index (Phi) is 9.98. The van der Waals surface area contributed by atoms with E-state index in [0.717, 1.165) is 5.56 Å². The first-order valence-corrected chi connectivity index (χ1v) is 16.1. The van der Waals surface area contributed by atoms with Gasteiger partial charge in [-0.1, -0.05) is 114 Å². The van der Waals surface area contributed by atoms with Crippen molar-refractivity contribution in [3.05, 3.63) is 136 Å². The normalized spacial score (nSPS) is 14.4. The molecule has 1 aliphatic rings. The van der Waals surface area contributed by atoms with Crippen LogP contribution in [0.4, 0.5) is 0 Å². The van der Waals surface area contributed by atoms with E-state index in [9.17, 15) is 13.2 Å². The van der Waals surface area contributed by atoms with Crippen LogP contribution in [0.15, 0.2) is 114 Å². The summed E-state index contributed by atoms with van der Waals surface area (Å²) in [5.74, 6) is -0.236. The van der Waals surface area contributed by atoms with Crippen LogP contribution >= 0.6 is 23.2 Å². The molecule has 6 nitrogen and oxygen atoms in total. The van der Waals surface area contributed by atoms with Crippen molar-refractivity contribution in [2.75, 3.05) is 39.3 Å². The molecular formula is C33H33Cl2N3O3S. The number of hydrogen-bond donors (Lipinski definition) is 0. The van der Waals surface area contributed by atoms with Crippen LogP contribution in [0.5, 0.6) is 0 Å². The van der Waals surface area contributed by atoms with E-state index >= 15 is 0 Å². The molecule has 0 saturated carbocycles. The average Bonchev–Trinajstić information content (AvgIpc) is 3.02. The average molecular weight is 623 g/mol. The first-order valence-electron chi connectivity index (χ1n) is 13.9. The summed E-state index contributed by atoms with van der Waals surface area (Å²) in [7, 11) is -4.10. The number of amides is 1. The summed E-state index contributed by atoms with van der Waals surface area (Å²) in [5, 5.41) is 0.327. The van der Waals surface area contributed by atoms with Crippen molar-refractivity contribution in [1.82, 2.24) is 14.1 Å². The van der Waals surface area contributed by atoms with Gasteiger partial charge < -0.3 is 4.90 Å². The molecule has 5 rings (SSSR count). The Hall–Kier alpha value is -3.20. The minimum Gasteiger partial charge on any atom is -0.339 e. The molecule has 0 bridgehead atoms. The standard InChI is InChI=1S/C33H33Cl2N3O3S/c34-29-16-17-30(35)31(24-29)42(40,41)38(19-18-26-10-4-1-5-11-26)25-32(39)36-20-22-37(23-21-36)33(27-12-6-2-7-13-27)28-14-8-3-9-15-28/h1-17,24,33H,18-23,25H2. The van der Waals surface area contributed by atoms with Gasteiger partial charge >= 0.3 is 0 Å². The third-order valence-corrected chi connectivity index (χ3v) is 10.1. The molecule has 0 unspecified atom stereocenters. The van der Waals surface area contributed by atoms with Crippen molar-refractivity contribution in [1.29, 1.82) is 0 Å². The molecular weight excluding hydrogens is 589 g/mol. The number of benzene rings is 4. The summed E-state index contributed by atoms with van der Waals surface area (Å²) >= 11 is 12.4. The highest BCUT2D eigenvalue weighted by molar-refractivity contribution is 7.89. The Morgan fingerprint density at radius 1 is 0.762 bits per heavy atom. The molecule has 1 saturated heterocycles. The van der Waals surface area contributed by atoms with Gasteiger partial charge in [-0.25, -0.2) is 8.42 Å². The zero-order chi connectivity index (χ0) is 29.5. The van der Waals surface area contributed by atoms with E-state index < -0.39 is 10.0 Å². The lowest BCUT2D eigenvalue weighted by Crippen LogP contribution is -2.52. The van der Waals surface area contributed by atoms with Gasteiger partial charge in [-0.2, -0.15) is 4.31 Å². The molecule has 4 aromatic carbocycles. The first-order chi connectivity index (χ1) is 20.3. The van der Waals surface area contributed by atoms with Crippen molar-refractivity contribution in [2.24, 2.45) is 0 Å². The fourth-order valence-corrected chi connectivity index (χ4v) is 7.49. The van der Waals surface area contributed by atoms with E-state index in [1.807, 2.05) is 66.7 Å². The summed E-state index contributed by atoms with van der Waals surface area (Å²) in [6.07, 6.45) is 0.454. The van der Waals surface area contributed by atoms with Gasteiger partial charge in [0, 0.05) is 37.7 Å². The van der Waals surface area contributed by atoms with E-state index in [1.54, 1.807) is 11.0 Å². The SMILES string of the molecule is O=C(CN(CCc1ccccc1)S(=O)(=O)c1cc(Cl)ccc1Cl)N1CCN(C(c2ccccc2)c2ccccc2)CC1. The summed E-state index contributed by atoms with van der Waals surface area (Å²) < 4.78 is 28.8. The summed E-state index contributed by atoms with van der Waals surface area (Å²) in [6.45, 7) is 2.18. The largest absolute Gasteiger partial charge is 0.339 e. The van der Waals surface area contributed by atoms with Crippen LogP contribution in [-0.4, -0.2) is 67.7 Å². The number of halogens is 2. The molecule has 0 aliphatic carbocycles. The number of hydrogen-bond acceptors (Lipinski definition) is 4. The van der Waals surface area contributed by atoms with Crippen LogP contribution in [0.25, 0.3) is 0 Å². The van der Waals surface area contributed by atoms with E-state index in [1.165, 1.54) is 27.6 Å². The molecule has 1 amide bonds. The van der Waals surface area contributed by atoms with Gasteiger partial charge in [0.2, 0.25) is 15.9 Å². The minimum absolute atomic E-state index is 0.0670. The topological polar surface area (TPSA) is 60.9 Å². The predicted molar refractivity (Wildman–Crippen MR) is 168 cm³/mol. The lowest BCUT2D eigenvalue weighted by Gasteiger charge is -2.40. The van der Waals surface area contributed by atoms with Gasteiger partial charge in [0.15, 0.2) is 0 Å². The van der Waals surface area contributed by atoms with Crippen molar-refractivity contribution < 1.29 is 13.2 Å². The van der Waals surface area contributed by atoms with E-state index in [2.05, 4.69) is 29.2 Å². The number of rotatable bonds is 10. The molecule has 218 valence electrons. The summed E-state index contributed by atoms with van der Waals surface area (Å²) in [4.78, 5) is 17.6. The Balaban J connectivity index is 1.32. The maximum atomic E-state index is 13.8. The molecule has 1 fully saturated rings. The van der Waals surface area contributed by atoms with Crippen LogP contribution < -0.4 is 0 Å². The zero-order valence-electron chi connectivity index (χ0n) is 23.1. The second kappa shape index (κ2) is 13.8. The lowest BCUT2D eigenvalue weighted by molar-refractivity contribution is -0.133. The Morgan fingerprint density at radius 2 is 1.31 bits per heavy atom. The summed E-state index contributed by atoms with van der Waals surface area (Å²) in [5.41, 5.74) is 3.36. The van der Waals surface area contributed by atoms with Crippen molar-refractivity contribution in [2.45, 2.75) is 17.4 Å². The van der Waals surface area contributed by atoms with Gasteiger partial charge in [-0.15, -0.1) is 0 Å². The fraction of sp³-hybridized carbons (Fsp3) is 0.242. The highest BCUT2D eigenvalue weighted by Crippen LogP contribution is 2.30. The number of piperazine rings is 1. The van der Waals surface area contributed by atoms with Gasteiger partial charge in [-0.05, 0) is 41.3 Å². The van der Waals surface area contributed by atoms with Crippen molar-refractivity contribution in [3.63, 3.8) is 0 Å². The van der Waals surface area contributed by atoms with Crippen LogP contribution in [0, 0.1) is 0 Å². The van der Waals surface area contributed by atoms with Crippen LogP contribution in [0.3, 0.4) is 0 Å². The minimum atomic E-state index is -4.10. The highest BCUT2D eigenvalue weighted by atomic mass is 35.5. The number of sulfonamides is 1. The molecule has 9 heteroatoms. The molecule has 0 spiro atoms. The fourth-order valence-electron chi connectivity index (χ4n) is 5.36. The molecule has 4 aromatic rings. The quantitative estimate of drug-likeness (QED) is 0.213. The van der Waals surface area contributed by atoms with Crippen molar-refractivity contribution >= 4 is 39.1 Å². The molecule has 1 aliphatic heterocycles. The summed E-state index contributed by atoms with van der Waals surface area (Å²) in [6, 6.07) is 34.7. The second-order valence-corrected chi connectivity index (χ2v) is 13.0. The lowest BCUT2D eigenvalue weighted by atomic mass is 9.96. The maximum Gasteiger partial charge on any atom is 0.245 e. The Morgan fingerprint density at radius 3 is 1.88 bits per heavy atom. The van der Waals surface area contributed by atoms with Crippen LogP contribution in [0.2, 0.25) is 10.0 Å².